The van der Waals surface area contributed by atoms with E-state index < -0.39 is 9.84 Å². The highest BCUT2D eigenvalue weighted by Crippen LogP contribution is 2.37. The minimum Gasteiger partial charge on any atom is -0.375 e. The van der Waals surface area contributed by atoms with Gasteiger partial charge < -0.3 is 11.5 Å². The summed E-state index contributed by atoms with van der Waals surface area (Å²) in [6, 6.07) is 0. The van der Waals surface area contributed by atoms with Crippen LogP contribution in [0.2, 0.25) is 0 Å². The fraction of sp³-hybridized carbons (Fsp3) is 0.625. The molecule has 0 amide bonds. The van der Waals surface area contributed by atoms with Gasteiger partial charge in [-0.25, -0.2) is 18.4 Å². The number of aromatic nitrogens is 2. The molecule has 25 heavy (non-hydrogen) atoms. The van der Waals surface area contributed by atoms with E-state index in [4.69, 9.17) is 11.5 Å². The highest BCUT2D eigenvalue weighted by atomic mass is 32.3. The van der Waals surface area contributed by atoms with Crippen LogP contribution in [-0.2, 0) is 22.7 Å². The van der Waals surface area contributed by atoms with E-state index in [0.717, 1.165) is 35.5 Å². The molecule has 0 spiro atoms. The van der Waals surface area contributed by atoms with Crippen molar-refractivity contribution in [3.63, 3.8) is 0 Å². The van der Waals surface area contributed by atoms with Gasteiger partial charge in [0.25, 0.3) is 0 Å². The van der Waals surface area contributed by atoms with E-state index in [-0.39, 0.29) is 18.7 Å². The molecule has 0 bridgehead atoms. The van der Waals surface area contributed by atoms with E-state index in [9.17, 15) is 8.42 Å². The lowest BCUT2D eigenvalue weighted by Gasteiger charge is -2.07. The van der Waals surface area contributed by atoms with E-state index in [0.29, 0.717) is 36.1 Å². The van der Waals surface area contributed by atoms with E-state index >= 15 is 0 Å². The number of hydrogen-bond acceptors (Lipinski definition) is 8. The fourth-order valence-electron chi connectivity index (χ4n) is 2.38. The molecular weight excluding hydrogens is 376 g/mol. The number of nitrogen functional groups attached to an aromatic ring is 2. The smallest absolute Gasteiger partial charge is 0.229 e. The lowest BCUT2D eigenvalue weighted by atomic mass is 10.1. The summed E-state index contributed by atoms with van der Waals surface area (Å²) in [4.78, 5) is 8.51. The van der Waals surface area contributed by atoms with E-state index in [1.165, 1.54) is 0 Å². The van der Waals surface area contributed by atoms with Crippen molar-refractivity contribution in [1.29, 1.82) is 0 Å². The van der Waals surface area contributed by atoms with Gasteiger partial charge in [0.15, 0.2) is 10.3 Å². The quantitative estimate of drug-likeness (QED) is 0.695. The Hall–Kier alpha value is -1.19. The lowest BCUT2D eigenvalue weighted by molar-refractivity contribution is 0.570. The van der Waals surface area contributed by atoms with Gasteiger partial charge in [-0.15, -0.1) is 0 Å². The molecule has 0 atom stereocenters. The summed E-state index contributed by atoms with van der Waals surface area (Å²) in [6.45, 7) is 8.38. The molecule has 2 heterocycles. The Morgan fingerprint density at radius 1 is 0.840 bits per heavy atom. The second kappa shape index (κ2) is 8.01. The summed E-state index contributed by atoms with van der Waals surface area (Å²) in [5.74, 6) is 0.915. The van der Waals surface area contributed by atoms with Crippen molar-refractivity contribution in [3.8, 4) is 0 Å². The first-order valence-electron chi connectivity index (χ1n) is 8.36. The maximum Gasteiger partial charge on any atom is 0.229 e. The third-order valence-electron chi connectivity index (χ3n) is 3.76. The predicted molar refractivity (Wildman–Crippen MR) is 105 cm³/mol. The molecule has 0 aromatic carbocycles. The lowest BCUT2D eigenvalue weighted by Crippen LogP contribution is -2.06. The van der Waals surface area contributed by atoms with Crippen molar-refractivity contribution in [2.75, 3.05) is 11.5 Å². The monoisotopic (exact) mass is 402 g/mol. The van der Waals surface area contributed by atoms with Crippen LogP contribution in [0.25, 0.3) is 0 Å². The first kappa shape index (κ1) is 20.1. The summed E-state index contributed by atoms with van der Waals surface area (Å²) in [5, 5.41) is 0.553. The van der Waals surface area contributed by atoms with Crippen LogP contribution in [-0.4, -0.2) is 18.4 Å². The van der Waals surface area contributed by atoms with Gasteiger partial charge in [0.2, 0.25) is 9.84 Å². The van der Waals surface area contributed by atoms with Crippen LogP contribution >= 0.6 is 22.7 Å². The van der Waals surface area contributed by atoms with Crippen molar-refractivity contribution in [2.45, 2.75) is 61.8 Å². The number of anilines is 2. The average Bonchev–Trinajstić information content (AvgIpc) is 3.06. The molecule has 4 N–H and O–H groups in total. The molecule has 0 aliphatic heterocycles. The first-order valence-corrected chi connectivity index (χ1v) is 11.5. The van der Waals surface area contributed by atoms with Crippen LogP contribution in [0.4, 0.5) is 10.3 Å². The summed E-state index contributed by atoms with van der Waals surface area (Å²) < 4.78 is 26.9. The van der Waals surface area contributed by atoms with E-state index in [2.05, 4.69) is 37.7 Å². The number of nitrogens with zero attached hydrogens (tertiary/aromatic N) is 2. The number of nitrogens with two attached hydrogens (primary N) is 2. The normalized spacial score (nSPS) is 12.4. The van der Waals surface area contributed by atoms with Gasteiger partial charge in [0.05, 0.1) is 11.4 Å². The van der Waals surface area contributed by atoms with Gasteiger partial charge in [-0.3, -0.25) is 0 Å². The van der Waals surface area contributed by atoms with Crippen LogP contribution in [0.15, 0.2) is 8.42 Å². The number of thiazole rings is 2. The van der Waals surface area contributed by atoms with E-state index in [1.54, 1.807) is 0 Å². The maximum atomic E-state index is 13.2. The van der Waals surface area contributed by atoms with Gasteiger partial charge in [0.1, 0.15) is 8.42 Å². The second-order valence-corrected chi connectivity index (χ2v) is 11.3. The molecule has 2 aromatic heterocycles. The number of rotatable bonds is 8. The third-order valence-corrected chi connectivity index (χ3v) is 8.47. The van der Waals surface area contributed by atoms with Crippen molar-refractivity contribution < 1.29 is 8.42 Å². The largest absolute Gasteiger partial charge is 0.375 e. The van der Waals surface area contributed by atoms with Crippen LogP contribution in [0.3, 0.4) is 0 Å². The van der Waals surface area contributed by atoms with Gasteiger partial charge in [-0.2, -0.15) is 0 Å². The predicted octanol–water partition coefficient (Wildman–Crippen LogP) is 3.77. The highest BCUT2D eigenvalue weighted by Gasteiger charge is 2.30. The number of hydrogen-bond donors (Lipinski definition) is 2. The molecule has 2 rings (SSSR count). The Morgan fingerprint density at radius 2 is 1.20 bits per heavy atom. The second-order valence-electron chi connectivity index (χ2n) is 6.94. The zero-order chi connectivity index (χ0) is 18.8. The van der Waals surface area contributed by atoms with Crippen molar-refractivity contribution in [1.82, 2.24) is 9.97 Å². The first-order chi connectivity index (χ1) is 11.6. The van der Waals surface area contributed by atoms with Crippen molar-refractivity contribution in [2.24, 2.45) is 11.8 Å². The third kappa shape index (κ3) is 4.92. The fourth-order valence-corrected chi connectivity index (χ4v) is 6.74. The molecule has 9 heteroatoms. The minimum absolute atomic E-state index is 0.236. The Kier molecular flexibility index (Phi) is 6.45. The number of sulfone groups is 1. The van der Waals surface area contributed by atoms with Gasteiger partial charge in [-0.1, -0.05) is 50.4 Å². The van der Waals surface area contributed by atoms with Crippen LogP contribution in [0, 0.1) is 11.8 Å². The van der Waals surface area contributed by atoms with Crippen molar-refractivity contribution >= 4 is 42.8 Å². The van der Waals surface area contributed by atoms with E-state index in [1.807, 2.05) is 0 Å². The standard InChI is InChI=1S/C16H26N4O2S3/c1-9(2)5-7-11-13(23-15(17)19-11)25(21,22)14-12(8-6-10(3)4)20-16(18)24-14/h9-10H,5-8H2,1-4H3,(H2,17,19)(H2,18,20). The molecule has 2 aromatic rings. The van der Waals surface area contributed by atoms with Crippen LogP contribution in [0.1, 0.15) is 51.9 Å². The Morgan fingerprint density at radius 3 is 1.52 bits per heavy atom. The molecule has 0 saturated carbocycles. The zero-order valence-electron chi connectivity index (χ0n) is 15.1. The molecule has 0 aliphatic rings. The van der Waals surface area contributed by atoms with Gasteiger partial charge >= 0.3 is 0 Å². The Bertz CT molecular complexity index is 760. The number of aryl methyl sites for hydroxylation is 2. The Labute approximate surface area is 157 Å². The van der Waals surface area contributed by atoms with Crippen LogP contribution in [0.5, 0.6) is 0 Å². The zero-order valence-corrected chi connectivity index (χ0v) is 17.5. The summed E-state index contributed by atoms with van der Waals surface area (Å²) in [5.41, 5.74) is 12.7. The van der Waals surface area contributed by atoms with Gasteiger partial charge in [0, 0.05) is 0 Å². The molecule has 0 fully saturated rings. The SMILES string of the molecule is CC(C)CCc1nc(N)sc1S(=O)(=O)c1sc(N)nc1CCC(C)C. The summed E-state index contributed by atoms with van der Waals surface area (Å²) in [6.07, 6.45) is 2.90. The molecule has 0 aliphatic carbocycles. The molecule has 0 radical (unpaired) electrons. The average molecular weight is 403 g/mol. The molecule has 6 nitrogen and oxygen atoms in total. The topological polar surface area (TPSA) is 112 Å². The molecule has 0 unspecified atom stereocenters. The molecular formula is C16H26N4O2S3. The summed E-state index contributed by atoms with van der Waals surface area (Å²) >= 11 is 2.05. The van der Waals surface area contributed by atoms with Crippen LogP contribution < -0.4 is 11.5 Å². The minimum atomic E-state index is -3.70. The van der Waals surface area contributed by atoms with Gasteiger partial charge in [-0.05, 0) is 37.5 Å². The maximum absolute atomic E-state index is 13.2. The summed E-state index contributed by atoms with van der Waals surface area (Å²) in [7, 11) is -3.70. The molecule has 0 saturated heterocycles. The Balaban J connectivity index is 2.42. The molecule has 140 valence electrons. The van der Waals surface area contributed by atoms with Crippen molar-refractivity contribution in [3.05, 3.63) is 11.4 Å². The highest BCUT2D eigenvalue weighted by molar-refractivity contribution is 7.95.